The minimum atomic E-state index is -0.389. The Balaban J connectivity index is 2.02. The summed E-state index contributed by atoms with van der Waals surface area (Å²) < 4.78 is 13.3. The van der Waals surface area contributed by atoms with E-state index < -0.39 is 0 Å². The number of amides is 1. The normalized spacial score (nSPS) is 10.2. The van der Waals surface area contributed by atoms with Gasteiger partial charge in [0.25, 0.3) is 5.91 Å². The third-order valence-electron chi connectivity index (χ3n) is 2.31. The average Bonchev–Trinajstić information content (AvgIpc) is 2.74. The molecule has 0 atom stereocenters. The van der Waals surface area contributed by atoms with Gasteiger partial charge in [-0.05, 0) is 6.07 Å². The zero-order valence-electron chi connectivity index (χ0n) is 8.90. The summed E-state index contributed by atoms with van der Waals surface area (Å²) in [7, 11) is 0. The molecule has 0 saturated carbocycles. The first kappa shape index (κ1) is 11.1. The van der Waals surface area contributed by atoms with Crippen LogP contribution in [-0.4, -0.2) is 16.1 Å². The minimum Gasteiger partial charge on any atom is -0.383 e. The topological polar surface area (TPSA) is 83.8 Å². The van der Waals surface area contributed by atoms with Gasteiger partial charge in [0.2, 0.25) is 0 Å². The van der Waals surface area contributed by atoms with Crippen LogP contribution in [0.3, 0.4) is 0 Å². The van der Waals surface area contributed by atoms with Crippen LogP contribution in [0.2, 0.25) is 0 Å². The second-order valence-corrected chi connectivity index (χ2v) is 3.47. The van der Waals surface area contributed by atoms with E-state index in [0.29, 0.717) is 5.56 Å². The fourth-order valence-corrected chi connectivity index (χ4v) is 1.39. The second-order valence-electron chi connectivity index (χ2n) is 3.47. The molecule has 0 bridgehead atoms. The molecule has 0 saturated heterocycles. The molecule has 17 heavy (non-hydrogen) atoms. The Bertz CT molecular complexity index is 538. The highest BCUT2D eigenvalue weighted by Gasteiger charge is 2.11. The van der Waals surface area contributed by atoms with Crippen molar-refractivity contribution < 1.29 is 9.18 Å². The van der Waals surface area contributed by atoms with Gasteiger partial charge in [-0.25, -0.2) is 4.39 Å². The number of nitrogens with one attached hydrogen (secondary N) is 2. The molecule has 0 radical (unpaired) electrons. The number of halogens is 1. The quantitative estimate of drug-likeness (QED) is 0.742. The van der Waals surface area contributed by atoms with Crippen molar-refractivity contribution in [2.45, 2.75) is 6.54 Å². The molecule has 5 nitrogen and oxygen atoms in total. The number of anilines is 1. The van der Waals surface area contributed by atoms with E-state index in [0.717, 1.165) is 0 Å². The van der Waals surface area contributed by atoms with E-state index >= 15 is 0 Å². The van der Waals surface area contributed by atoms with Gasteiger partial charge in [0.15, 0.2) is 0 Å². The highest BCUT2D eigenvalue weighted by atomic mass is 19.1. The fourth-order valence-electron chi connectivity index (χ4n) is 1.39. The molecule has 1 aromatic carbocycles. The SMILES string of the molecule is Nc1[nH]ncc1C(=O)NCc1ccccc1F. The van der Waals surface area contributed by atoms with E-state index in [4.69, 9.17) is 5.73 Å². The number of carbonyl (C=O) groups excluding carboxylic acids is 1. The van der Waals surface area contributed by atoms with Crippen LogP contribution in [0.1, 0.15) is 15.9 Å². The lowest BCUT2D eigenvalue weighted by molar-refractivity contribution is 0.0951. The Morgan fingerprint density at radius 3 is 2.88 bits per heavy atom. The summed E-state index contributed by atoms with van der Waals surface area (Å²) in [6.45, 7) is 0.107. The number of nitrogens with two attached hydrogens (primary N) is 1. The predicted octanol–water partition coefficient (Wildman–Crippen LogP) is 1.06. The maximum Gasteiger partial charge on any atom is 0.256 e. The molecule has 2 aromatic rings. The van der Waals surface area contributed by atoms with Gasteiger partial charge in [-0.15, -0.1) is 0 Å². The Labute approximate surface area is 96.8 Å². The lowest BCUT2D eigenvalue weighted by atomic mass is 10.2. The van der Waals surface area contributed by atoms with Gasteiger partial charge < -0.3 is 11.1 Å². The lowest BCUT2D eigenvalue weighted by Gasteiger charge is -2.05. The molecule has 0 fully saturated rings. The fraction of sp³-hybridized carbons (Fsp3) is 0.0909. The number of aromatic amines is 1. The molecule has 0 aliphatic carbocycles. The van der Waals surface area contributed by atoms with Gasteiger partial charge in [-0.2, -0.15) is 5.10 Å². The molecule has 1 heterocycles. The number of benzene rings is 1. The number of carbonyl (C=O) groups is 1. The number of nitrogen functional groups attached to an aromatic ring is 1. The first-order valence-corrected chi connectivity index (χ1v) is 4.99. The standard InChI is InChI=1S/C11H11FN4O/c12-9-4-2-1-3-7(9)5-14-11(17)8-6-15-16-10(8)13/h1-4,6H,5H2,(H,14,17)(H3,13,15,16). The largest absolute Gasteiger partial charge is 0.383 e. The Hall–Kier alpha value is -2.37. The van der Waals surface area contributed by atoms with Crippen LogP contribution in [0, 0.1) is 5.82 Å². The van der Waals surface area contributed by atoms with Crippen molar-refractivity contribution in [2.75, 3.05) is 5.73 Å². The zero-order valence-corrected chi connectivity index (χ0v) is 8.90. The first-order chi connectivity index (χ1) is 8.18. The monoisotopic (exact) mass is 234 g/mol. The maximum absolute atomic E-state index is 13.3. The van der Waals surface area contributed by atoms with Crippen molar-refractivity contribution in [2.24, 2.45) is 0 Å². The lowest BCUT2D eigenvalue weighted by Crippen LogP contribution is -2.23. The van der Waals surface area contributed by atoms with Crippen LogP contribution in [0.5, 0.6) is 0 Å². The van der Waals surface area contributed by atoms with E-state index in [1.807, 2.05) is 0 Å². The molecule has 1 amide bonds. The third kappa shape index (κ3) is 2.41. The molecule has 88 valence electrons. The van der Waals surface area contributed by atoms with Gasteiger partial charge in [0.05, 0.1) is 6.20 Å². The smallest absolute Gasteiger partial charge is 0.256 e. The van der Waals surface area contributed by atoms with Gasteiger partial charge >= 0.3 is 0 Å². The van der Waals surface area contributed by atoms with E-state index in [2.05, 4.69) is 15.5 Å². The number of nitrogens with zero attached hydrogens (tertiary/aromatic N) is 1. The summed E-state index contributed by atoms with van der Waals surface area (Å²) >= 11 is 0. The molecular formula is C11H11FN4O. The summed E-state index contributed by atoms with van der Waals surface area (Å²) in [5.74, 6) is -0.552. The Morgan fingerprint density at radius 2 is 2.24 bits per heavy atom. The van der Waals surface area contributed by atoms with Crippen LogP contribution < -0.4 is 11.1 Å². The van der Waals surface area contributed by atoms with Gasteiger partial charge in [0, 0.05) is 12.1 Å². The third-order valence-corrected chi connectivity index (χ3v) is 2.31. The van der Waals surface area contributed by atoms with Crippen LogP contribution in [0.25, 0.3) is 0 Å². The van der Waals surface area contributed by atoms with Crippen LogP contribution in [0.15, 0.2) is 30.5 Å². The summed E-state index contributed by atoms with van der Waals surface area (Å²) in [5.41, 5.74) is 6.16. The number of aromatic nitrogens is 2. The van der Waals surface area contributed by atoms with Gasteiger partial charge in [-0.1, -0.05) is 18.2 Å². The number of H-pyrrole nitrogens is 1. The summed E-state index contributed by atoms with van der Waals surface area (Å²) in [6, 6.07) is 6.24. The van der Waals surface area contributed by atoms with Crippen molar-refractivity contribution in [3.8, 4) is 0 Å². The van der Waals surface area contributed by atoms with Crippen molar-refractivity contribution in [1.82, 2.24) is 15.5 Å². The zero-order chi connectivity index (χ0) is 12.3. The van der Waals surface area contributed by atoms with Crippen LogP contribution in [0.4, 0.5) is 10.2 Å². The number of hydrogen-bond donors (Lipinski definition) is 3. The molecule has 0 unspecified atom stereocenters. The summed E-state index contributed by atoms with van der Waals surface area (Å²) in [4.78, 5) is 11.6. The van der Waals surface area contributed by atoms with E-state index in [1.165, 1.54) is 12.3 Å². The molecule has 1 aromatic heterocycles. The summed E-state index contributed by atoms with van der Waals surface area (Å²) in [6.07, 6.45) is 1.33. The Morgan fingerprint density at radius 1 is 1.47 bits per heavy atom. The minimum absolute atomic E-state index is 0.107. The van der Waals surface area contributed by atoms with E-state index in [1.54, 1.807) is 18.2 Å². The predicted molar refractivity (Wildman–Crippen MR) is 60.6 cm³/mol. The van der Waals surface area contributed by atoms with Crippen LogP contribution in [-0.2, 0) is 6.54 Å². The highest BCUT2D eigenvalue weighted by Crippen LogP contribution is 2.08. The number of rotatable bonds is 3. The average molecular weight is 234 g/mol. The van der Waals surface area contributed by atoms with Crippen molar-refractivity contribution >= 4 is 11.7 Å². The molecule has 0 spiro atoms. The molecule has 0 aliphatic heterocycles. The highest BCUT2D eigenvalue weighted by molar-refractivity contribution is 5.97. The van der Waals surface area contributed by atoms with Crippen molar-refractivity contribution in [1.29, 1.82) is 0 Å². The van der Waals surface area contributed by atoms with Crippen LogP contribution >= 0.6 is 0 Å². The van der Waals surface area contributed by atoms with Crippen molar-refractivity contribution in [3.63, 3.8) is 0 Å². The molecule has 2 rings (SSSR count). The molecule has 6 heteroatoms. The number of hydrogen-bond acceptors (Lipinski definition) is 3. The van der Waals surface area contributed by atoms with E-state index in [-0.39, 0.29) is 29.7 Å². The van der Waals surface area contributed by atoms with E-state index in [9.17, 15) is 9.18 Å². The molecule has 0 aliphatic rings. The molecule has 4 N–H and O–H groups in total. The summed E-state index contributed by atoms with van der Waals surface area (Å²) in [5, 5.41) is 8.65. The maximum atomic E-state index is 13.3. The van der Waals surface area contributed by atoms with Crippen molar-refractivity contribution in [3.05, 3.63) is 47.4 Å². The molecular weight excluding hydrogens is 223 g/mol. The Kier molecular flexibility index (Phi) is 3.04. The second kappa shape index (κ2) is 4.65. The van der Waals surface area contributed by atoms with Gasteiger partial charge in [-0.3, -0.25) is 9.89 Å². The van der Waals surface area contributed by atoms with Gasteiger partial charge in [0.1, 0.15) is 17.2 Å². The first-order valence-electron chi connectivity index (χ1n) is 4.99.